The Hall–Kier alpha value is -0.150. The number of ether oxygens (including phenoxy) is 1. The fraction of sp³-hybridized carbons (Fsp3) is 1.00. The van der Waals surface area contributed by atoms with Gasteiger partial charge in [0.25, 0.3) is 0 Å². The molecular weight excluding hydrogens is 193 g/mol. The predicted octanol–water partition coefficient (Wildman–Crippen LogP) is 2.91. The molecule has 0 heterocycles. The number of rotatable bonds is 9. The highest BCUT2D eigenvalue weighted by Gasteiger charge is 2.30. The Balaban J connectivity index is 4.09. The van der Waals surface area contributed by atoms with E-state index in [4.69, 9.17) is 10.5 Å². The summed E-state index contributed by atoms with van der Waals surface area (Å²) < 4.78 is 19.3. The topological polar surface area (TPSA) is 35.2 Å². The molecule has 0 aliphatic heterocycles. The maximum Gasteiger partial charge on any atom is 0.134 e. The van der Waals surface area contributed by atoms with E-state index in [1.807, 2.05) is 0 Å². The summed E-state index contributed by atoms with van der Waals surface area (Å²) in [5.74, 6) is 0.424. The van der Waals surface area contributed by atoms with E-state index in [0.29, 0.717) is 25.3 Å². The van der Waals surface area contributed by atoms with Gasteiger partial charge >= 0.3 is 0 Å². The van der Waals surface area contributed by atoms with E-state index in [-0.39, 0.29) is 6.61 Å². The molecule has 0 saturated heterocycles. The van der Waals surface area contributed by atoms with Crippen molar-refractivity contribution in [2.45, 2.75) is 51.6 Å². The predicted molar refractivity (Wildman–Crippen MR) is 62.7 cm³/mol. The van der Waals surface area contributed by atoms with E-state index in [0.717, 1.165) is 19.3 Å². The Morgan fingerprint density at radius 2 is 2.13 bits per heavy atom. The van der Waals surface area contributed by atoms with Crippen LogP contribution in [0, 0.1) is 5.92 Å². The first-order valence-corrected chi connectivity index (χ1v) is 5.96. The highest BCUT2D eigenvalue weighted by atomic mass is 19.1. The zero-order valence-corrected chi connectivity index (χ0v) is 10.4. The van der Waals surface area contributed by atoms with Crippen LogP contribution in [-0.4, -0.2) is 25.9 Å². The molecule has 0 rings (SSSR count). The molecule has 0 saturated carbocycles. The SMILES string of the molecule is CCCC(C)CC(F)(CCCN)COC. The van der Waals surface area contributed by atoms with Gasteiger partial charge in [-0.1, -0.05) is 26.7 Å². The Morgan fingerprint density at radius 1 is 1.47 bits per heavy atom. The van der Waals surface area contributed by atoms with E-state index in [1.54, 1.807) is 7.11 Å². The van der Waals surface area contributed by atoms with Crippen molar-refractivity contribution < 1.29 is 9.13 Å². The first kappa shape index (κ1) is 14.8. The zero-order chi connectivity index (χ0) is 11.7. The van der Waals surface area contributed by atoms with Crippen LogP contribution in [0.4, 0.5) is 4.39 Å². The van der Waals surface area contributed by atoms with E-state index in [1.165, 1.54) is 0 Å². The van der Waals surface area contributed by atoms with Crippen LogP contribution < -0.4 is 5.73 Å². The van der Waals surface area contributed by atoms with Gasteiger partial charge in [0.15, 0.2) is 0 Å². The molecular formula is C12H26FNO. The van der Waals surface area contributed by atoms with Crippen molar-refractivity contribution in [3.8, 4) is 0 Å². The third-order valence-corrected chi connectivity index (χ3v) is 2.73. The van der Waals surface area contributed by atoms with Gasteiger partial charge in [0.1, 0.15) is 5.67 Å². The molecule has 0 aliphatic rings. The Bertz CT molecular complexity index is 155. The number of halogens is 1. The number of hydrogen-bond acceptors (Lipinski definition) is 2. The second-order valence-corrected chi connectivity index (χ2v) is 4.57. The highest BCUT2D eigenvalue weighted by molar-refractivity contribution is 4.81. The minimum Gasteiger partial charge on any atom is -0.381 e. The quantitative estimate of drug-likeness (QED) is 0.647. The van der Waals surface area contributed by atoms with Gasteiger partial charge < -0.3 is 10.5 Å². The maximum absolute atomic E-state index is 14.4. The van der Waals surface area contributed by atoms with Gasteiger partial charge in [0.05, 0.1) is 6.61 Å². The number of hydrogen-bond donors (Lipinski definition) is 1. The number of alkyl halides is 1. The van der Waals surface area contributed by atoms with Crippen LogP contribution in [0.25, 0.3) is 0 Å². The van der Waals surface area contributed by atoms with Gasteiger partial charge in [-0.25, -0.2) is 4.39 Å². The molecule has 0 fully saturated rings. The van der Waals surface area contributed by atoms with E-state index < -0.39 is 5.67 Å². The molecule has 0 radical (unpaired) electrons. The molecule has 3 heteroatoms. The van der Waals surface area contributed by atoms with Gasteiger partial charge in [-0.15, -0.1) is 0 Å². The Labute approximate surface area is 93.4 Å². The van der Waals surface area contributed by atoms with E-state index in [2.05, 4.69) is 13.8 Å². The Kier molecular flexibility index (Phi) is 7.97. The third kappa shape index (κ3) is 6.85. The molecule has 0 aliphatic carbocycles. The standard InChI is InChI=1S/C12H26FNO/c1-4-6-11(2)9-12(13,10-15-3)7-5-8-14/h11H,4-10,14H2,1-3H3. The van der Waals surface area contributed by atoms with Gasteiger partial charge in [-0.05, 0) is 31.7 Å². The average Bonchev–Trinajstić information content (AvgIpc) is 2.15. The number of nitrogens with two attached hydrogens (primary N) is 1. The third-order valence-electron chi connectivity index (χ3n) is 2.73. The smallest absolute Gasteiger partial charge is 0.134 e. The van der Waals surface area contributed by atoms with Crippen molar-refractivity contribution in [3.63, 3.8) is 0 Å². The van der Waals surface area contributed by atoms with Crippen LogP contribution >= 0.6 is 0 Å². The summed E-state index contributed by atoms with van der Waals surface area (Å²) in [6.45, 7) is 4.99. The molecule has 0 aromatic carbocycles. The Morgan fingerprint density at radius 3 is 2.60 bits per heavy atom. The lowest BCUT2D eigenvalue weighted by molar-refractivity contribution is 0.0153. The first-order valence-electron chi connectivity index (χ1n) is 5.96. The summed E-state index contributed by atoms with van der Waals surface area (Å²) in [7, 11) is 1.56. The van der Waals surface area contributed by atoms with Gasteiger partial charge in [-0.2, -0.15) is 0 Å². The lowest BCUT2D eigenvalue weighted by Crippen LogP contribution is -2.32. The van der Waals surface area contributed by atoms with Crippen molar-refractivity contribution >= 4 is 0 Å². The summed E-state index contributed by atoms with van der Waals surface area (Å²) in [5.41, 5.74) is 4.24. The van der Waals surface area contributed by atoms with Crippen molar-refractivity contribution in [1.82, 2.24) is 0 Å². The molecule has 0 aromatic rings. The lowest BCUT2D eigenvalue weighted by atomic mass is 9.87. The fourth-order valence-electron chi connectivity index (χ4n) is 2.13. The van der Waals surface area contributed by atoms with Crippen molar-refractivity contribution in [2.75, 3.05) is 20.3 Å². The van der Waals surface area contributed by atoms with Crippen molar-refractivity contribution in [3.05, 3.63) is 0 Å². The summed E-state index contributed by atoms with van der Waals surface area (Å²) in [5, 5.41) is 0. The van der Waals surface area contributed by atoms with Crippen molar-refractivity contribution in [1.29, 1.82) is 0 Å². The van der Waals surface area contributed by atoms with E-state index in [9.17, 15) is 4.39 Å². The summed E-state index contributed by atoms with van der Waals surface area (Å²) in [6, 6.07) is 0. The summed E-state index contributed by atoms with van der Waals surface area (Å²) >= 11 is 0. The molecule has 0 bridgehead atoms. The van der Waals surface area contributed by atoms with Crippen LogP contribution in [0.15, 0.2) is 0 Å². The second-order valence-electron chi connectivity index (χ2n) is 4.57. The molecule has 0 amide bonds. The molecule has 15 heavy (non-hydrogen) atoms. The van der Waals surface area contributed by atoms with Crippen LogP contribution in [0.5, 0.6) is 0 Å². The van der Waals surface area contributed by atoms with Gasteiger partial charge in [0, 0.05) is 7.11 Å². The second kappa shape index (κ2) is 8.05. The minimum atomic E-state index is -1.18. The van der Waals surface area contributed by atoms with E-state index >= 15 is 0 Å². The minimum absolute atomic E-state index is 0.195. The molecule has 92 valence electrons. The molecule has 0 spiro atoms. The molecule has 2 atom stereocenters. The van der Waals surface area contributed by atoms with Crippen LogP contribution in [0.3, 0.4) is 0 Å². The monoisotopic (exact) mass is 219 g/mol. The van der Waals surface area contributed by atoms with Crippen LogP contribution in [0.1, 0.15) is 46.0 Å². The number of methoxy groups -OCH3 is 1. The molecule has 2 unspecified atom stereocenters. The van der Waals surface area contributed by atoms with Crippen LogP contribution in [-0.2, 0) is 4.74 Å². The largest absolute Gasteiger partial charge is 0.381 e. The first-order chi connectivity index (χ1) is 7.08. The van der Waals surface area contributed by atoms with Gasteiger partial charge in [0.2, 0.25) is 0 Å². The summed E-state index contributed by atoms with van der Waals surface area (Å²) in [6.07, 6.45) is 4.04. The average molecular weight is 219 g/mol. The zero-order valence-electron chi connectivity index (χ0n) is 10.4. The summed E-state index contributed by atoms with van der Waals surface area (Å²) in [4.78, 5) is 0. The normalized spacial score (nSPS) is 17.4. The lowest BCUT2D eigenvalue weighted by Gasteiger charge is -2.27. The fourth-order valence-corrected chi connectivity index (χ4v) is 2.13. The molecule has 2 nitrogen and oxygen atoms in total. The highest BCUT2D eigenvalue weighted by Crippen LogP contribution is 2.29. The molecule has 0 aromatic heterocycles. The molecule has 2 N–H and O–H groups in total. The van der Waals surface area contributed by atoms with Crippen LogP contribution in [0.2, 0.25) is 0 Å². The maximum atomic E-state index is 14.4. The van der Waals surface area contributed by atoms with Crippen molar-refractivity contribution in [2.24, 2.45) is 11.7 Å². The van der Waals surface area contributed by atoms with Gasteiger partial charge in [-0.3, -0.25) is 0 Å².